The van der Waals surface area contributed by atoms with Crippen molar-refractivity contribution in [2.45, 2.75) is 64.2 Å². The van der Waals surface area contributed by atoms with E-state index in [4.69, 9.17) is 9.47 Å². The molecule has 2 aliphatic heterocycles. The van der Waals surface area contributed by atoms with Gasteiger partial charge in [0.25, 0.3) is 0 Å². The fraction of sp³-hybridized carbons (Fsp3) is 0.720. The Kier molecular flexibility index (Phi) is 5.66. The maximum atomic E-state index is 12.4. The van der Waals surface area contributed by atoms with Crippen molar-refractivity contribution in [1.29, 1.82) is 0 Å². The topological polar surface area (TPSA) is 38.8 Å². The molecule has 5 rings (SSSR count). The maximum absolute atomic E-state index is 12.4. The Morgan fingerprint density at radius 2 is 1.97 bits per heavy atom. The summed E-state index contributed by atoms with van der Waals surface area (Å²) in [5.74, 6) is 2.47. The van der Waals surface area contributed by atoms with Crippen LogP contribution in [0.3, 0.4) is 0 Å². The smallest absolute Gasteiger partial charge is 0.309 e. The number of fused-ring (bicyclic) bond motifs is 2. The Morgan fingerprint density at radius 3 is 2.83 bits per heavy atom. The molecule has 4 aliphatic rings. The van der Waals surface area contributed by atoms with Crippen LogP contribution in [-0.2, 0) is 20.8 Å². The predicted octanol–water partition coefficient (Wildman–Crippen LogP) is 4.28. The number of ether oxygens (including phenoxy) is 2. The minimum Gasteiger partial charge on any atom is -0.462 e. The second kappa shape index (κ2) is 8.39. The summed E-state index contributed by atoms with van der Waals surface area (Å²) >= 11 is 0. The highest BCUT2D eigenvalue weighted by atomic mass is 16.6. The molecule has 4 heteroatoms. The Bertz CT molecular complexity index is 707. The molecule has 0 radical (unpaired) electrons. The van der Waals surface area contributed by atoms with Crippen LogP contribution < -0.4 is 0 Å². The number of benzene rings is 1. The molecule has 0 unspecified atom stereocenters. The molecule has 0 bridgehead atoms. The Labute approximate surface area is 174 Å². The largest absolute Gasteiger partial charge is 0.462 e. The van der Waals surface area contributed by atoms with Crippen LogP contribution in [-0.4, -0.2) is 42.8 Å². The molecule has 29 heavy (non-hydrogen) atoms. The third-order valence-electron chi connectivity index (χ3n) is 8.18. The summed E-state index contributed by atoms with van der Waals surface area (Å²) in [6.45, 7) is 6.07. The quantitative estimate of drug-likeness (QED) is 0.695. The van der Waals surface area contributed by atoms with Gasteiger partial charge < -0.3 is 9.47 Å². The number of likely N-dealkylation sites (tertiary alicyclic amines) is 1. The molecule has 0 N–H and O–H groups in total. The third-order valence-corrected chi connectivity index (χ3v) is 8.18. The van der Waals surface area contributed by atoms with Crippen LogP contribution in [0.25, 0.3) is 0 Å². The van der Waals surface area contributed by atoms with Gasteiger partial charge in [-0.05, 0) is 49.5 Å². The van der Waals surface area contributed by atoms with E-state index >= 15 is 0 Å². The highest BCUT2D eigenvalue weighted by molar-refractivity contribution is 5.75. The Hall–Kier alpha value is -1.39. The standard InChI is InChI=1S/C25H35NO3/c1-17-24-22(25(27)29-17)13-19-9-5-6-10-21(19)23(24)16-28-20-11-12-26(15-20)14-18-7-3-2-4-8-18/h2-4,7-8,17,19-24H,5-6,9-16H2,1H3/t17-,19+,20-,21-,22-,23+,24-/m0/s1. The molecule has 2 aliphatic carbocycles. The molecule has 0 aromatic heterocycles. The molecular formula is C25H35NO3. The van der Waals surface area contributed by atoms with E-state index in [2.05, 4.69) is 42.2 Å². The average molecular weight is 398 g/mol. The molecule has 1 aromatic carbocycles. The highest BCUT2D eigenvalue weighted by Gasteiger charge is 2.54. The molecule has 4 fully saturated rings. The number of esters is 1. The van der Waals surface area contributed by atoms with E-state index < -0.39 is 0 Å². The van der Waals surface area contributed by atoms with Gasteiger partial charge in [-0.15, -0.1) is 0 Å². The molecule has 158 valence electrons. The van der Waals surface area contributed by atoms with Crippen LogP contribution in [0.2, 0.25) is 0 Å². The zero-order valence-electron chi connectivity index (χ0n) is 17.7. The first-order valence-corrected chi connectivity index (χ1v) is 11.8. The molecule has 1 aromatic rings. The SMILES string of the molecule is C[C@@H]1OC(=O)[C@H]2C[C@H]3CCCC[C@@H]3[C@@H](CO[C@H]3CCN(Cc4ccccc4)C3)[C@@H]12. The number of carbonyl (C=O) groups is 1. The molecule has 4 nitrogen and oxygen atoms in total. The molecule has 0 spiro atoms. The van der Waals surface area contributed by atoms with Crippen LogP contribution in [0.15, 0.2) is 30.3 Å². The van der Waals surface area contributed by atoms with Gasteiger partial charge in [-0.1, -0.05) is 49.6 Å². The van der Waals surface area contributed by atoms with E-state index in [0.717, 1.165) is 45.0 Å². The van der Waals surface area contributed by atoms with Crippen molar-refractivity contribution in [2.24, 2.45) is 29.6 Å². The summed E-state index contributed by atoms with van der Waals surface area (Å²) in [7, 11) is 0. The van der Waals surface area contributed by atoms with E-state index in [-0.39, 0.29) is 18.0 Å². The van der Waals surface area contributed by atoms with Gasteiger partial charge in [-0.25, -0.2) is 0 Å². The van der Waals surface area contributed by atoms with Crippen LogP contribution in [0.1, 0.15) is 51.0 Å². The summed E-state index contributed by atoms with van der Waals surface area (Å²) in [5.41, 5.74) is 1.38. The van der Waals surface area contributed by atoms with Gasteiger partial charge in [0.2, 0.25) is 0 Å². The Balaban J connectivity index is 1.21. The van der Waals surface area contributed by atoms with Gasteiger partial charge >= 0.3 is 5.97 Å². The van der Waals surface area contributed by atoms with Crippen molar-refractivity contribution in [1.82, 2.24) is 4.90 Å². The van der Waals surface area contributed by atoms with Crippen molar-refractivity contribution in [3.63, 3.8) is 0 Å². The number of cyclic esters (lactones) is 1. The molecule has 2 saturated heterocycles. The number of nitrogens with zero attached hydrogens (tertiary/aromatic N) is 1. The Morgan fingerprint density at radius 1 is 1.14 bits per heavy atom. The first-order valence-electron chi connectivity index (χ1n) is 11.8. The lowest BCUT2D eigenvalue weighted by Gasteiger charge is -2.46. The van der Waals surface area contributed by atoms with Crippen molar-refractivity contribution < 1.29 is 14.3 Å². The minimum absolute atomic E-state index is 0.0575. The zero-order valence-corrected chi connectivity index (χ0v) is 17.7. The second-order valence-corrected chi connectivity index (χ2v) is 9.90. The third kappa shape index (κ3) is 3.98. The van der Waals surface area contributed by atoms with Gasteiger partial charge in [0, 0.05) is 25.6 Å². The number of rotatable bonds is 5. The van der Waals surface area contributed by atoms with Gasteiger partial charge in [0.15, 0.2) is 0 Å². The average Bonchev–Trinajstić information content (AvgIpc) is 3.30. The van der Waals surface area contributed by atoms with Crippen molar-refractivity contribution in [3.05, 3.63) is 35.9 Å². The lowest BCUT2D eigenvalue weighted by atomic mass is 9.57. The molecule has 0 amide bonds. The van der Waals surface area contributed by atoms with E-state index in [1.54, 1.807) is 0 Å². The number of hydrogen-bond donors (Lipinski definition) is 0. The van der Waals surface area contributed by atoms with Crippen LogP contribution in [0.4, 0.5) is 0 Å². The summed E-state index contributed by atoms with van der Waals surface area (Å²) in [6.07, 6.45) is 7.83. The van der Waals surface area contributed by atoms with E-state index in [1.807, 2.05) is 0 Å². The van der Waals surface area contributed by atoms with Crippen molar-refractivity contribution in [2.75, 3.05) is 19.7 Å². The molecular weight excluding hydrogens is 362 g/mol. The first kappa shape index (κ1) is 19.6. The monoisotopic (exact) mass is 397 g/mol. The van der Waals surface area contributed by atoms with Gasteiger partial charge in [-0.2, -0.15) is 0 Å². The molecule has 2 saturated carbocycles. The van der Waals surface area contributed by atoms with Crippen LogP contribution >= 0.6 is 0 Å². The molecule has 2 heterocycles. The summed E-state index contributed by atoms with van der Waals surface area (Å²) in [4.78, 5) is 15.0. The summed E-state index contributed by atoms with van der Waals surface area (Å²) < 4.78 is 12.2. The van der Waals surface area contributed by atoms with Gasteiger partial charge in [0.05, 0.1) is 18.6 Å². The van der Waals surface area contributed by atoms with Crippen LogP contribution in [0.5, 0.6) is 0 Å². The van der Waals surface area contributed by atoms with E-state index in [1.165, 1.54) is 31.2 Å². The molecule has 7 atom stereocenters. The van der Waals surface area contributed by atoms with Crippen molar-refractivity contribution >= 4 is 5.97 Å². The van der Waals surface area contributed by atoms with Gasteiger partial charge in [0.1, 0.15) is 6.10 Å². The first-order chi connectivity index (χ1) is 14.2. The fourth-order valence-electron chi connectivity index (χ4n) is 6.84. The zero-order chi connectivity index (χ0) is 19.8. The van der Waals surface area contributed by atoms with E-state index in [0.29, 0.717) is 23.9 Å². The number of hydrogen-bond acceptors (Lipinski definition) is 4. The summed E-state index contributed by atoms with van der Waals surface area (Å²) in [5, 5.41) is 0. The maximum Gasteiger partial charge on any atom is 0.309 e. The minimum atomic E-state index is 0.0575. The lowest BCUT2D eigenvalue weighted by Crippen LogP contribution is -2.46. The number of carbonyl (C=O) groups excluding carboxylic acids is 1. The fourth-order valence-corrected chi connectivity index (χ4v) is 6.84. The van der Waals surface area contributed by atoms with Crippen LogP contribution in [0, 0.1) is 29.6 Å². The predicted molar refractivity (Wildman–Crippen MR) is 112 cm³/mol. The highest BCUT2D eigenvalue weighted by Crippen LogP contribution is 2.53. The summed E-state index contributed by atoms with van der Waals surface area (Å²) in [6, 6.07) is 10.7. The van der Waals surface area contributed by atoms with Crippen molar-refractivity contribution in [3.8, 4) is 0 Å². The normalized spacial score (nSPS) is 39.8. The lowest BCUT2D eigenvalue weighted by molar-refractivity contribution is -0.144. The second-order valence-electron chi connectivity index (χ2n) is 9.90. The van der Waals surface area contributed by atoms with E-state index in [9.17, 15) is 4.79 Å². The van der Waals surface area contributed by atoms with Gasteiger partial charge in [-0.3, -0.25) is 9.69 Å².